The second-order valence-electron chi connectivity index (χ2n) is 6.06. The van der Waals surface area contributed by atoms with Crippen molar-refractivity contribution in [1.29, 1.82) is 0 Å². The summed E-state index contributed by atoms with van der Waals surface area (Å²) in [4.78, 5) is 12.8. The van der Waals surface area contributed by atoms with E-state index in [4.69, 9.17) is 0 Å². The molecule has 1 aliphatic heterocycles. The van der Waals surface area contributed by atoms with Crippen LogP contribution in [0.25, 0.3) is 0 Å². The first-order valence-corrected chi connectivity index (χ1v) is 7.77. The summed E-state index contributed by atoms with van der Waals surface area (Å²) in [6.07, 6.45) is 3.61. The minimum Gasteiger partial charge on any atom is -0.310 e. The number of hydrogen-bond donors (Lipinski definition) is 1. The standard InChI is InChI=1S/C16H25N3O2/c1-13(2)18-10-3-4-15(9-11-18)17-12-14-5-7-16(8-6-14)19(20)21/h5-8,13,15,17H,3-4,9-12H2,1-2H3. The van der Waals surface area contributed by atoms with Gasteiger partial charge in [0.25, 0.3) is 5.69 Å². The van der Waals surface area contributed by atoms with Gasteiger partial charge in [-0.3, -0.25) is 10.1 Å². The number of likely N-dealkylation sites (tertiary alicyclic amines) is 1. The van der Waals surface area contributed by atoms with Crippen LogP contribution in [0.1, 0.15) is 38.7 Å². The topological polar surface area (TPSA) is 58.4 Å². The highest BCUT2D eigenvalue weighted by Gasteiger charge is 2.18. The molecule has 5 nitrogen and oxygen atoms in total. The van der Waals surface area contributed by atoms with Gasteiger partial charge in [0.15, 0.2) is 0 Å². The van der Waals surface area contributed by atoms with Crippen LogP contribution < -0.4 is 5.32 Å². The number of nitro groups is 1. The number of rotatable bonds is 5. The zero-order valence-corrected chi connectivity index (χ0v) is 12.9. The molecule has 0 amide bonds. The van der Waals surface area contributed by atoms with Gasteiger partial charge in [-0.15, -0.1) is 0 Å². The molecule has 0 spiro atoms. The van der Waals surface area contributed by atoms with Gasteiger partial charge in [-0.1, -0.05) is 12.1 Å². The normalized spacial score (nSPS) is 20.4. The third-order valence-electron chi connectivity index (χ3n) is 4.24. The van der Waals surface area contributed by atoms with Gasteiger partial charge in [-0.25, -0.2) is 0 Å². The highest BCUT2D eigenvalue weighted by molar-refractivity contribution is 5.32. The van der Waals surface area contributed by atoms with Crippen molar-refractivity contribution in [2.45, 2.75) is 51.7 Å². The monoisotopic (exact) mass is 291 g/mol. The first-order valence-electron chi connectivity index (χ1n) is 7.77. The van der Waals surface area contributed by atoms with Crippen molar-refractivity contribution in [2.75, 3.05) is 13.1 Å². The minimum atomic E-state index is -0.358. The van der Waals surface area contributed by atoms with E-state index in [1.165, 1.54) is 25.8 Å². The van der Waals surface area contributed by atoms with Gasteiger partial charge >= 0.3 is 0 Å². The minimum absolute atomic E-state index is 0.154. The van der Waals surface area contributed by atoms with Crippen molar-refractivity contribution in [1.82, 2.24) is 10.2 Å². The lowest BCUT2D eigenvalue weighted by atomic mass is 10.1. The summed E-state index contributed by atoms with van der Waals surface area (Å²) >= 11 is 0. The average molecular weight is 291 g/mol. The van der Waals surface area contributed by atoms with Crippen LogP contribution in [-0.2, 0) is 6.54 Å². The van der Waals surface area contributed by atoms with Crippen LogP contribution in [0.2, 0.25) is 0 Å². The molecule has 1 N–H and O–H groups in total. The van der Waals surface area contributed by atoms with Crippen LogP contribution in [0, 0.1) is 10.1 Å². The average Bonchev–Trinajstić information content (AvgIpc) is 2.71. The molecule has 1 heterocycles. The number of nitro benzene ring substituents is 1. The van der Waals surface area contributed by atoms with Crippen LogP contribution in [0.3, 0.4) is 0 Å². The number of non-ortho nitro benzene ring substituents is 1. The Labute approximate surface area is 126 Å². The molecule has 1 aromatic rings. The van der Waals surface area contributed by atoms with Crippen LogP contribution in [0.5, 0.6) is 0 Å². The maximum absolute atomic E-state index is 10.6. The lowest BCUT2D eigenvalue weighted by molar-refractivity contribution is -0.384. The Hall–Kier alpha value is -1.46. The molecule has 0 aromatic heterocycles. The summed E-state index contributed by atoms with van der Waals surface area (Å²) in [7, 11) is 0. The van der Waals surface area contributed by atoms with Gasteiger partial charge in [0, 0.05) is 30.8 Å². The van der Waals surface area contributed by atoms with Crippen molar-refractivity contribution in [2.24, 2.45) is 0 Å². The number of nitrogens with one attached hydrogen (secondary N) is 1. The molecule has 1 unspecified atom stereocenters. The smallest absolute Gasteiger partial charge is 0.269 e. The number of hydrogen-bond acceptors (Lipinski definition) is 4. The van der Waals surface area contributed by atoms with E-state index in [1.807, 2.05) is 12.1 Å². The van der Waals surface area contributed by atoms with Crippen LogP contribution in [-0.4, -0.2) is 35.0 Å². The molecular formula is C16H25N3O2. The Morgan fingerprint density at radius 2 is 2.00 bits per heavy atom. The number of nitrogens with zero attached hydrogens (tertiary/aromatic N) is 2. The van der Waals surface area contributed by atoms with E-state index in [2.05, 4.69) is 24.1 Å². The fraction of sp³-hybridized carbons (Fsp3) is 0.625. The predicted octanol–water partition coefficient (Wildman–Crippen LogP) is 2.95. The van der Waals surface area contributed by atoms with E-state index in [0.717, 1.165) is 18.7 Å². The molecule has 1 aliphatic rings. The second-order valence-corrected chi connectivity index (χ2v) is 6.06. The van der Waals surface area contributed by atoms with Gasteiger partial charge in [-0.05, 0) is 51.8 Å². The molecule has 2 rings (SSSR count). The number of benzene rings is 1. The third-order valence-corrected chi connectivity index (χ3v) is 4.24. The molecule has 1 aromatic carbocycles. The van der Waals surface area contributed by atoms with E-state index >= 15 is 0 Å². The molecule has 21 heavy (non-hydrogen) atoms. The van der Waals surface area contributed by atoms with E-state index in [9.17, 15) is 10.1 Å². The third kappa shape index (κ3) is 4.79. The molecule has 1 saturated heterocycles. The fourth-order valence-electron chi connectivity index (χ4n) is 2.84. The maximum Gasteiger partial charge on any atom is 0.269 e. The highest BCUT2D eigenvalue weighted by Crippen LogP contribution is 2.15. The zero-order valence-electron chi connectivity index (χ0n) is 12.9. The molecular weight excluding hydrogens is 266 g/mol. The molecule has 0 radical (unpaired) electrons. The molecule has 1 atom stereocenters. The summed E-state index contributed by atoms with van der Waals surface area (Å²) in [5, 5.41) is 14.2. The van der Waals surface area contributed by atoms with E-state index in [-0.39, 0.29) is 10.6 Å². The zero-order chi connectivity index (χ0) is 15.2. The Morgan fingerprint density at radius 3 is 2.62 bits per heavy atom. The van der Waals surface area contributed by atoms with E-state index < -0.39 is 0 Å². The van der Waals surface area contributed by atoms with Crippen LogP contribution >= 0.6 is 0 Å². The van der Waals surface area contributed by atoms with Crippen LogP contribution in [0.15, 0.2) is 24.3 Å². The van der Waals surface area contributed by atoms with E-state index in [0.29, 0.717) is 12.1 Å². The molecule has 5 heteroatoms. The van der Waals surface area contributed by atoms with Gasteiger partial charge in [0.05, 0.1) is 4.92 Å². The summed E-state index contributed by atoms with van der Waals surface area (Å²) in [6.45, 7) is 7.63. The van der Waals surface area contributed by atoms with Gasteiger partial charge in [0.1, 0.15) is 0 Å². The lowest BCUT2D eigenvalue weighted by Crippen LogP contribution is -2.33. The van der Waals surface area contributed by atoms with Crippen molar-refractivity contribution < 1.29 is 4.92 Å². The van der Waals surface area contributed by atoms with Crippen molar-refractivity contribution in [3.05, 3.63) is 39.9 Å². The first kappa shape index (κ1) is 15.9. The Balaban J connectivity index is 1.81. The highest BCUT2D eigenvalue weighted by atomic mass is 16.6. The molecule has 0 bridgehead atoms. The molecule has 116 valence electrons. The van der Waals surface area contributed by atoms with Crippen molar-refractivity contribution >= 4 is 5.69 Å². The SMILES string of the molecule is CC(C)N1CCCC(NCc2ccc([N+](=O)[O-])cc2)CC1. The van der Waals surface area contributed by atoms with Crippen molar-refractivity contribution in [3.8, 4) is 0 Å². The molecule has 0 aliphatic carbocycles. The van der Waals surface area contributed by atoms with Gasteiger partial charge in [0.2, 0.25) is 0 Å². The maximum atomic E-state index is 10.6. The summed E-state index contributed by atoms with van der Waals surface area (Å²) in [5.74, 6) is 0. The van der Waals surface area contributed by atoms with Gasteiger partial charge < -0.3 is 10.2 Å². The molecule has 0 saturated carbocycles. The Bertz CT molecular complexity index is 459. The van der Waals surface area contributed by atoms with Crippen molar-refractivity contribution in [3.63, 3.8) is 0 Å². The predicted molar refractivity (Wildman–Crippen MR) is 84.3 cm³/mol. The van der Waals surface area contributed by atoms with E-state index in [1.54, 1.807) is 12.1 Å². The molecule has 1 fully saturated rings. The Kier molecular flexibility index (Phi) is 5.70. The fourth-order valence-corrected chi connectivity index (χ4v) is 2.84. The summed E-state index contributed by atoms with van der Waals surface area (Å²) < 4.78 is 0. The van der Waals surface area contributed by atoms with Gasteiger partial charge in [-0.2, -0.15) is 0 Å². The summed E-state index contributed by atoms with van der Waals surface area (Å²) in [6, 6.07) is 7.99. The Morgan fingerprint density at radius 1 is 1.29 bits per heavy atom. The van der Waals surface area contributed by atoms with Crippen LogP contribution in [0.4, 0.5) is 5.69 Å². The summed E-state index contributed by atoms with van der Waals surface area (Å²) in [5.41, 5.74) is 1.26. The first-order chi connectivity index (χ1) is 10.1. The second kappa shape index (κ2) is 7.52. The quantitative estimate of drug-likeness (QED) is 0.669. The largest absolute Gasteiger partial charge is 0.310 e. The lowest BCUT2D eigenvalue weighted by Gasteiger charge is -2.24.